The van der Waals surface area contributed by atoms with Crippen LogP contribution in [-0.4, -0.2) is 192 Å². The third-order valence-electron chi connectivity index (χ3n) is 12.1. The van der Waals surface area contributed by atoms with Crippen molar-refractivity contribution in [3.05, 3.63) is 39.7 Å². The number of anilines is 5. The fourth-order valence-corrected chi connectivity index (χ4v) is 13.2. The van der Waals surface area contributed by atoms with E-state index in [1.165, 1.54) is 32.3 Å². The summed E-state index contributed by atoms with van der Waals surface area (Å²) in [5.41, 5.74) is 16.0. The molecule has 9 heterocycles. The number of aliphatic hydroxyl groups is 3. The number of aliphatic hydroxyl groups excluding tert-OH is 3. The molecule has 15 N–H and O–H groups in total. The van der Waals surface area contributed by atoms with Gasteiger partial charge in [-0.15, -0.1) is 4.67 Å². The molecule has 5 aromatic heterocycles. The summed E-state index contributed by atoms with van der Waals surface area (Å²) in [7, 11) is -20.8. The topological polar surface area (TPSA) is 558 Å². The molecule has 436 valence electrons. The Kier molecular flexibility index (Phi) is 16.6. The summed E-state index contributed by atoms with van der Waals surface area (Å²) in [4.78, 5) is 104. The van der Waals surface area contributed by atoms with Gasteiger partial charge in [0, 0.05) is 14.2 Å². The predicted octanol–water partition coefficient (Wildman–Crippen LogP) is -3.08. The smallest absolute Gasteiger partial charge is 0.387 e. The van der Waals surface area contributed by atoms with Crippen LogP contribution in [0.3, 0.4) is 0 Å². The van der Waals surface area contributed by atoms with Crippen molar-refractivity contribution in [3.8, 4) is 0 Å². The van der Waals surface area contributed by atoms with E-state index in [4.69, 9.17) is 54.8 Å². The van der Waals surface area contributed by atoms with Gasteiger partial charge < -0.3 is 85.6 Å². The average Bonchev–Trinajstić information content (AvgIpc) is 4.42. The first-order valence-electron chi connectivity index (χ1n) is 22.8. The standard InChI is InChI=1S/C35H51N15O25P4/c1-12(2)68-22-15(70-32(21(22)53)49-10-42-17-27(49)43-34(37)45-29(17)54)7-66-76(56,57)72-23-14(71-33(24(23)64-4)48-9-41-16-25(36)39-8-40-26(16)48)5-65-73-78(60,61)75-79(62,63)74-77(58,59)67-6-13-19(51)20(52)31(69-13)50-11-47(3)18-28(50)44-35(38)46-30(18)55/h8-10,12-15,19-24,31-33,51-53H,5-7,11H2,1-4H3,(H,56,57)(H,58,59)(H,60,61)(H,62,63)(H2,36,39,40)(H3,37,43,45,54)(H3,38,44,46,55)/t13-,14-,15-,19+,20?,21+,22?,23?,24+,31-,32-,33-/m1/s1. The molecule has 16 atom stereocenters. The molecule has 0 aromatic carbocycles. The molecule has 4 aliphatic rings. The van der Waals surface area contributed by atoms with E-state index in [9.17, 15) is 62.7 Å². The van der Waals surface area contributed by atoms with E-state index in [-0.39, 0.29) is 58.2 Å². The quantitative estimate of drug-likeness (QED) is 0.0186. The highest BCUT2D eigenvalue weighted by molar-refractivity contribution is 7.66. The molecule has 40 nitrogen and oxygen atoms in total. The Morgan fingerprint density at radius 2 is 1.30 bits per heavy atom. The number of nitrogens with two attached hydrogens (primary N) is 3. The summed E-state index contributed by atoms with van der Waals surface area (Å²) in [6, 6.07) is 0. The molecule has 5 aromatic rings. The highest BCUT2D eigenvalue weighted by Gasteiger charge is 2.54. The van der Waals surface area contributed by atoms with Crippen molar-refractivity contribution in [1.29, 1.82) is 0 Å². The van der Waals surface area contributed by atoms with Crippen LogP contribution in [0.15, 0.2) is 28.6 Å². The van der Waals surface area contributed by atoms with Crippen LogP contribution in [0.1, 0.15) is 26.3 Å². The molecule has 0 radical (unpaired) electrons. The first kappa shape index (κ1) is 58.6. The van der Waals surface area contributed by atoms with E-state index in [0.717, 1.165) is 19.8 Å². The van der Waals surface area contributed by atoms with Crippen molar-refractivity contribution in [2.24, 2.45) is 0 Å². The number of aromatic amines is 2. The first-order valence-corrected chi connectivity index (χ1v) is 28.8. The van der Waals surface area contributed by atoms with E-state index in [2.05, 4.69) is 57.7 Å². The van der Waals surface area contributed by atoms with Gasteiger partial charge in [0.15, 0.2) is 47.1 Å². The Bertz CT molecular complexity index is 3390. The predicted molar refractivity (Wildman–Crippen MR) is 258 cm³/mol. The first-order chi connectivity index (χ1) is 37.1. The summed E-state index contributed by atoms with van der Waals surface area (Å²) in [5.74, 6) is -0.671. The summed E-state index contributed by atoms with van der Waals surface area (Å²) < 4.78 is 113. The lowest BCUT2D eigenvalue weighted by Gasteiger charge is -2.27. The fourth-order valence-electron chi connectivity index (χ4n) is 8.90. The van der Waals surface area contributed by atoms with Crippen LogP contribution >= 0.6 is 31.3 Å². The molecule has 0 saturated carbocycles. The average molecular weight is 1210 g/mol. The number of nitrogens with zero attached hydrogens (tertiary/aromatic N) is 10. The van der Waals surface area contributed by atoms with Crippen LogP contribution in [0.25, 0.3) is 22.3 Å². The molecule has 4 aliphatic heterocycles. The molecule has 3 saturated heterocycles. The number of imidazole rings is 2. The molecule has 7 unspecified atom stereocenters. The Morgan fingerprint density at radius 3 is 2.01 bits per heavy atom. The number of nitrogen functional groups attached to an aromatic ring is 3. The second-order valence-electron chi connectivity index (χ2n) is 17.9. The van der Waals surface area contributed by atoms with Crippen molar-refractivity contribution >= 4 is 82.8 Å². The number of nitrogens with one attached hydrogen (secondary N) is 2. The minimum absolute atomic E-state index is 0.0340. The number of methoxy groups -OCH3 is 1. The van der Waals surface area contributed by atoms with Crippen molar-refractivity contribution in [1.82, 2.24) is 49.0 Å². The third kappa shape index (κ3) is 12.3. The van der Waals surface area contributed by atoms with Crippen molar-refractivity contribution in [3.63, 3.8) is 0 Å². The summed E-state index contributed by atoms with van der Waals surface area (Å²) >= 11 is 0. The van der Waals surface area contributed by atoms with Crippen LogP contribution in [0.5, 0.6) is 0 Å². The number of ether oxygens (including phenoxy) is 5. The Hall–Kier alpha value is -5.06. The van der Waals surface area contributed by atoms with Crippen molar-refractivity contribution in [2.75, 3.05) is 67.6 Å². The number of fused-ring (bicyclic) bond motifs is 3. The minimum Gasteiger partial charge on any atom is -0.387 e. The van der Waals surface area contributed by atoms with E-state index in [0.29, 0.717) is 0 Å². The largest absolute Gasteiger partial charge is 0.508 e. The van der Waals surface area contributed by atoms with Crippen molar-refractivity contribution < 1.29 is 109 Å². The third-order valence-corrected chi connectivity index (χ3v) is 17.1. The number of phosphoric acid groups is 4. The molecule has 0 bridgehead atoms. The molecular formula is C35H51N15O25P4. The summed E-state index contributed by atoms with van der Waals surface area (Å²) in [6.07, 6.45) is -15.8. The van der Waals surface area contributed by atoms with E-state index < -0.39 is 142 Å². The number of aromatic nitrogens is 10. The Balaban J connectivity index is 0.849. The molecule has 44 heteroatoms. The Morgan fingerprint density at radius 1 is 0.696 bits per heavy atom. The van der Waals surface area contributed by atoms with Gasteiger partial charge in [-0.3, -0.25) is 42.3 Å². The second-order valence-corrected chi connectivity index (χ2v) is 23.8. The van der Waals surface area contributed by atoms with Crippen LogP contribution in [-0.2, 0) is 73.7 Å². The number of hydrogen-bond donors (Lipinski definition) is 12. The molecular weight excluding hydrogens is 1150 g/mol. The van der Waals surface area contributed by atoms with Crippen LogP contribution in [0.4, 0.5) is 29.2 Å². The number of H-pyrrole nitrogens is 2. The highest BCUT2D eigenvalue weighted by Crippen LogP contribution is 2.68. The Labute approximate surface area is 440 Å². The maximum atomic E-state index is 13.9. The lowest BCUT2D eigenvalue weighted by atomic mass is 10.1. The maximum absolute atomic E-state index is 13.9. The highest BCUT2D eigenvalue weighted by atomic mass is 31.3. The van der Waals surface area contributed by atoms with Gasteiger partial charge >= 0.3 is 31.3 Å². The van der Waals surface area contributed by atoms with Crippen LogP contribution in [0.2, 0.25) is 0 Å². The molecule has 9 rings (SSSR count). The molecule has 3 fully saturated rings. The fraction of sp³-hybridized carbons (Fsp3) is 0.600. The molecule has 0 aliphatic carbocycles. The van der Waals surface area contributed by atoms with E-state index >= 15 is 0 Å². The normalized spacial score (nSPS) is 30.3. The molecule has 0 amide bonds. The van der Waals surface area contributed by atoms with Gasteiger partial charge in [-0.25, -0.2) is 43.1 Å². The van der Waals surface area contributed by atoms with Gasteiger partial charge in [-0.1, -0.05) is 0 Å². The lowest BCUT2D eigenvalue weighted by molar-refractivity contribution is -0.244. The number of rotatable bonds is 22. The molecule has 0 spiro atoms. The van der Waals surface area contributed by atoms with Crippen LogP contribution < -0.4 is 38.1 Å². The monoisotopic (exact) mass is 1210 g/mol. The SMILES string of the molecule is CO[C@H]1C(OP(=O)(O)OC[C@H]2O[C@@H](n3cnc4c(=O)[nH]c(N)nc43)[C@@H](O)C2OC(C)C)[C@@H](COOP(=O)(O)OP(=O)(O)OP(=O)(O)OC[C@H]2O[C@@H](N3CN(C)c4c3nc(N)[nH]c4=O)C(O)[C@H]2O)O[C@H]1n1cnc2c(N)ncnc21. The zero-order valence-corrected chi connectivity index (χ0v) is 44.6. The maximum Gasteiger partial charge on any atom is 0.508 e. The van der Waals surface area contributed by atoms with Gasteiger partial charge in [-0.2, -0.15) is 18.6 Å². The van der Waals surface area contributed by atoms with Gasteiger partial charge in [0.2, 0.25) is 11.9 Å². The zero-order chi connectivity index (χ0) is 57.3. The summed E-state index contributed by atoms with van der Waals surface area (Å²) in [6.45, 7) is 0.0860. The molecule has 79 heavy (non-hydrogen) atoms. The van der Waals surface area contributed by atoms with E-state index in [1.807, 2.05) is 0 Å². The minimum atomic E-state index is -6.20. The van der Waals surface area contributed by atoms with Gasteiger partial charge in [0.25, 0.3) is 11.1 Å². The number of phosphoric ester groups is 2. The second kappa shape index (κ2) is 22.4. The van der Waals surface area contributed by atoms with Gasteiger partial charge in [0.05, 0.1) is 38.6 Å². The summed E-state index contributed by atoms with van der Waals surface area (Å²) in [5, 5.41) is 32.9. The van der Waals surface area contributed by atoms with Gasteiger partial charge in [-0.05, 0) is 13.8 Å². The number of hydrogen-bond acceptors (Lipinski definition) is 32. The lowest BCUT2D eigenvalue weighted by Crippen LogP contribution is -2.45. The zero-order valence-electron chi connectivity index (χ0n) is 41.0. The van der Waals surface area contributed by atoms with Crippen LogP contribution in [0, 0.1) is 0 Å². The van der Waals surface area contributed by atoms with Gasteiger partial charge in [0.1, 0.15) is 79.1 Å². The van der Waals surface area contributed by atoms with Crippen molar-refractivity contribution in [2.45, 2.75) is 93.6 Å². The van der Waals surface area contributed by atoms with E-state index in [1.54, 1.807) is 13.8 Å².